The molecular weight excluding hydrogens is 336 g/mol. The summed E-state index contributed by atoms with van der Waals surface area (Å²) in [6.07, 6.45) is 2.11. The van der Waals surface area contributed by atoms with Crippen LogP contribution in [-0.4, -0.2) is 27.1 Å². The van der Waals surface area contributed by atoms with Gasteiger partial charge in [0, 0.05) is 13.0 Å². The summed E-state index contributed by atoms with van der Waals surface area (Å²) in [7, 11) is 0. The summed E-state index contributed by atoms with van der Waals surface area (Å²) >= 11 is 4.61. The smallest absolute Gasteiger partial charge is 0.225 e. The lowest BCUT2D eigenvalue weighted by atomic mass is 10.3. The van der Waals surface area contributed by atoms with Gasteiger partial charge in [0.15, 0.2) is 8.68 Å². The van der Waals surface area contributed by atoms with Crippen LogP contribution in [0.1, 0.15) is 19.8 Å². The van der Waals surface area contributed by atoms with Gasteiger partial charge in [0.05, 0.1) is 10.2 Å². The molecule has 1 saturated carbocycles. The molecule has 0 radical (unpaired) electrons. The fraction of sp³-hybridized carbons (Fsp3) is 0.286. The Morgan fingerprint density at radius 2 is 2.05 bits per heavy atom. The Morgan fingerprint density at radius 1 is 1.23 bits per heavy atom. The quantitative estimate of drug-likeness (QED) is 0.671. The molecule has 4 rings (SSSR count). The first kappa shape index (κ1) is 14.1. The van der Waals surface area contributed by atoms with E-state index in [0.29, 0.717) is 11.2 Å². The molecule has 1 aliphatic carbocycles. The lowest BCUT2D eigenvalue weighted by Gasteiger charge is -2.15. The highest BCUT2D eigenvalue weighted by Crippen LogP contribution is 2.39. The lowest BCUT2D eigenvalue weighted by Crippen LogP contribution is -2.30. The van der Waals surface area contributed by atoms with Gasteiger partial charge in [-0.2, -0.15) is 0 Å². The van der Waals surface area contributed by atoms with Crippen molar-refractivity contribution in [3.05, 3.63) is 24.3 Å². The fourth-order valence-corrected chi connectivity index (χ4v) is 5.42. The monoisotopic (exact) mass is 348 g/mol. The van der Waals surface area contributed by atoms with Gasteiger partial charge in [0.1, 0.15) is 0 Å². The first-order valence-electron chi connectivity index (χ1n) is 6.87. The molecule has 2 heterocycles. The van der Waals surface area contributed by atoms with Crippen molar-refractivity contribution in [2.24, 2.45) is 0 Å². The minimum Gasteiger partial charge on any atom is -0.284 e. The molecule has 1 aromatic carbocycles. The second-order valence-electron chi connectivity index (χ2n) is 5.02. The lowest BCUT2D eigenvalue weighted by molar-refractivity contribution is -0.116. The summed E-state index contributed by atoms with van der Waals surface area (Å²) in [4.78, 5) is 18.1. The van der Waals surface area contributed by atoms with Crippen LogP contribution in [-0.2, 0) is 4.79 Å². The number of para-hydroxylation sites is 1. The van der Waals surface area contributed by atoms with Gasteiger partial charge in [-0.15, -0.1) is 21.5 Å². The first-order valence-corrected chi connectivity index (χ1v) is 9.32. The Morgan fingerprint density at radius 3 is 2.77 bits per heavy atom. The summed E-state index contributed by atoms with van der Waals surface area (Å²) in [6, 6.07) is 8.38. The van der Waals surface area contributed by atoms with E-state index in [1.54, 1.807) is 23.2 Å². The Bertz CT molecular complexity index is 806. The highest BCUT2D eigenvalue weighted by Gasteiger charge is 2.34. The van der Waals surface area contributed by atoms with Gasteiger partial charge in [0.2, 0.25) is 11.0 Å². The SMILES string of the molecule is CC(=O)N(c1nnc(Sc2nc3ccccc3s2)s1)C1CC1. The van der Waals surface area contributed by atoms with Crippen molar-refractivity contribution in [2.75, 3.05) is 4.90 Å². The predicted octanol–water partition coefficient (Wildman–Crippen LogP) is 3.81. The average Bonchev–Trinajstić information content (AvgIpc) is 3.06. The van der Waals surface area contributed by atoms with E-state index in [2.05, 4.69) is 21.2 Å². The van der Waals surface area contributed by atoms with E-state index in [1.807, 2.05) is 18.2 Å². The molecule has 1 fully saturated rings. The molecule has 1 aliphatic rings. The van der Waals surface area contributed by atoms with Gasteiger partial charge < -0.3 is 0 Å². The molecule has 1 amide bonds. The number of thiazole rings is 1. The predicted molar refractivity (Wildman–Crippen MR) is 89.8 cm³/mol. The Balaban J connectivity index is 1.57. The molecule has 0 bridgehead atoms. The van der Waals surface area contributed by atoms with E-state index in [9.17, 15) is 4.79 Å². The number of anilines is 1. The maximum absolute atomic E-state index is 11.8. The summed E-state index contributed by atoms with van der Waals surface area (Å²) in [6.45, 7) is 1.58. The second-order valence-corrected chi connectivity index (χ2v) is 8.50. The van der Waals surface area contributed by atoms with Gasteiger partial charge in [-0.25, -0.2) is 4.98 Å². The molecule has 22 heavy (non-hydrogen) atoms. The van der Waals surface area contributed by atoms with Gasteiger partial charge in [-0.1, -0.05) is 23.5 Å². The van der Waals surface area contributed by atoms with Gasteiger partial charge in [-0.3, -0.25) is 9.69 Å². The Kier molecular flexibility index (Phi) is 3.59. The normalized spacial score (nSPS) is 14.4. The van der Waals surface area contributed by atoms with E-state index in [0.717, 1.165) is 31.7 Å². The van der Waals surface area contributed by atoms with E-state index in [-0.39, 0.29) is 5.91 Å². The number of fused-ring (bicyclic) bond motifs is 1. The van der Waals surface area contributed by atoms with E-state index >= 15 is 0 Å². The number of amides is 1. The third kappa shape index (κ3) is 2.73. The third-order valence-corrected chi connectivity index (χ3v) is 6.37. The van der Waals surface area contributed by atoms with Crippen molar-refractivity contribution in [3.63, 3.8) is 0 Å². The van der Waals surface area contributed by atoms with Crippen LogP contribution >= 0.6 is 34.4 Å². The molecule has 0 saturated heterocycles. The minimum atomic E-state index is 0.0372. The molecule has 0 spiro atoms. The Hall–Kier alpha value is -1.51. The number of aromatic nitrogens is 3. The highest BCUT2D eigenvalue weighted by molar-refractivity contribution is 8.02. The number of carbonyl (C=O) groups excluding carboxylic acids is 1. The number of rotatable bonds is 4. The number of hydrogen-bond donors (Lipinski definition) is 0. The van der Waals surface area contributed by atoms with Crippen LogP contribution in [0.2, 0.25) is 0 Å². The van der Waals surface area contributed by atoms with Crippen LogP contribution in [0.15, 0.2) is 32.9 Å². The van der Waals surface area contributed by atoms with Crippen LogP contribution in [0.25, 0.3) is 10.2 Å². The van der Waals surface area contributed by atoms with E-state index < -0.39 is 0 Å². The standard InChI is InChI=1S/C14H12N4OS3/c1-8(19)18(9-6-7-9)12-16-17-14(21-12)22-13-15-10-4-2-3-5-11(10)20-13/h2-5,9H,6-7H2,1H3. The minimum absolute atomic E-state index is 0.0372. The molecule has 0 N–H and O–H groups in total. The van der Waals surface area contributed by atoms with Crippen molar-refractivity contribution >= 4 is 55.7 Å². The van der Waals surface area contributed by atoms with Crippen LogP contribution in [0.4, 0.5) is 5.13 Å². The maximum atomic E-state index is 11.8. The maximum Gasteiger partial charge on any atom is 0.225 e. The van der Waals surface area contributed by atoms with Gasteiger partial charge in [-0.05, 0) is 36.7 Å². The molecule has 0 atom stereocenters. The van der Waals surface area contributed by atoms with Crippen molar-refractivity contribution in [1.82, 2.24) is 15.2 Å². The van der Waals surface area contributed by atoms with Crippen molar-refractivity contribution < 1.29 is 4.79 Å². The van der Waals surface area contributed by atoms with Gasteiger partial charge >= 0.3 is 0 Å². The summed E-state index contributed by atoms with van der Waals surface area (Å²) in [5, 5.41) is 9.07. The first-order chi connectivity index (χ1) is 10.7. The molecule has 112 valence electrons. The number of carbonyl (C=O) groups is 1. The fourth-order valence-electron chi connectivity index (χ4n) is 2.19. The summed E-state index contributed by atoms with van der Waals surface area (Å²) in [5.74, 6) is 0.0372. The molecule has 0 aliphatic heterocycles. The van der Waals surface area contributed by atoms with Crippen LogP contribution in [0, 0.1) is 0 Å². The highest BCUT2D eigenvalue weighted by atomic mass is 32.2. The molecule has 3 aromatic rings. The number of hydrogen-bond acceptors (Lipinski definition) is 7. The zero-order chi connectivity index (χ0) is 15.1. The van der Waals surface area contributed by atoms with Gasteiger partial charge in [0.25, 0.3) is 0 Å². The topological polar surface area (TPSA) is 59.0 Å². The van der Waals surface area contributed by atoms with Crippen LogP contribution < -0.4 is 4.90 Å². The zero-order valence-electron chi connectivity index (χ0n) is 11.7. The molecule has 2 aromatic heterocycles. The largest absolute Gasteiger partial charge is 0.284 e. The van der Waals surface area contributed by atoms with Crippen molar-refractivity contribution in [1.29, 1.82) is 0 Å². The average molecular weight is 348 g/mol. The zero-order valence-corrected chi connectivity index (χ0v) is 14.2. The van der Waals surface area contributed by atoms with Crippen LogP contribution in [0.5, 0.6) is 0 Å². The summed E-state index contributed by atoms with van der Waals surface area (Å²) < 4.78 is 2.93. The number of benzene rings is 1. The summed E-state index contributed by atoms with van der Waals surface area (Å²) in [5.41, 5.74) is 1.00. The van der Waals surface area contributed by atoms with Crippen molar-refractivity contribution in [2.45, 2.75) is 34.5 Å². The molecule has 8 heteroatoms. The number of nitrogens with zero attached hydrogens (tertiary/aromatic N) is 4. The molecule has 5 nitrogen and oxygen atoms in total. The van der Waals surface area contributed by atoms with Crippen molar-refractivity contribution in [3.8, 4) is 0 Å². The second kappa shape index (κ2) is 5.60. The third-order valence-electron chi connectivity index (χ3n) is 3.30. The molecule has 0 unspecified atom stereocenters. The van der Waals surface area contributed by atoms with E-state index in [4.69, 9.17) is 0 Å². The molecular formula is C14H12N4OS3. The van der Waals surface area contributed by atoms with Crippen LogP contribution in [0.3, 0.4) is 0 Å². The Labute approximate surface area is 139 Å². The van der Waals surface area contributed by atoms with E-state index in [1.165, 1.54) is 23.1 Å².